The Morgan fingerprint density at radius 2 is 1.94 bits per heavy atom. The fourth-order valence-electron chi connectivity index (χ4n) is 3.22. The molecule has 2 bridgehead atoms. The van der Waals surface area contributed by atoms with Gasteiger partial charge in [0.1, 0.15) is 5.60 Å². The van der Waals surface area contributed by atoms with E-state index in [1.54, 1.807) is 0 Å². The Hall–Kier alpha value is -1.26. The summed E-state index contributed by atoms with van der Waals surface area (Å²) in [5, 5.41) is 11.8. The van der Waals surface area contributed by atoms with Crippen LogP contribution in [0.1, 0.15) is 40.0 Å². The SMILES string of the molecule is CC(C)(C)OC(=O)NCC12CC(C1)C(C(=O)O)C2. The summed E-state index contributed by atoms with van der Waals surface area (Å²) in [5.41, 5.74) is -0.492. The van der Waals surface area contributed by atoms with Gasteiger partial charge in [0.2, 0.25) is 0 Å². The fraction of sp³-hybridized carbons (Fsp3) is 0.846. The maximum atomic E-state index is 11.5. The highest BCUT2D eigenvalue weighted by Crippen LogP contribution is 2.61. The van der Waals surface area contributed by atoms with Crippen LogP contribution in [0.25, 0.3) is 0 Å². The molecule has 5 heteroatoms. The molecule has 3 aliphatic rings. The smallest absolute Gasteiger partial charge is 0.407 e. The molecule has 5 nitrogen and oxygen atoms in total. The first kappa shape index (κ1) is 13.2. The van der Waals surface area contributed by atoms with E-state index in [1.165, 1.54) is 0 Å². The summed E-state index contributed by atoms with van der Waals surface area (Å²) in [5.74, 6) is -0.606. The van der Waals surface area contributed by atoms with Crippen molar-refractivity contribution in [3.63, 3.8) is 0 Å². The van der Waals surface area contributed by atoms with Crippen molar-refractivity contribution in [3.05, 3.63) is 0 Å². The minimum absolute atomic E-state index is 0.00459. The van der Waals surface area contributed by atoms with E-state index in [9.17, 15) is 9.59 Å². The van der Waals surface area contributed by atoms with Crippen LogP contribution in [0.3, 0.4) is 0 Å². The number of alkyl carbamates (subject to hydrolysis) is 1. The van der Waals surface area contributed by atoms with E-state index in [4.69, 9.17) is 9.84 Å². The number of aliphatic carboxylic acids is 1. The van der Waals surface area contributed by atoms with E-state index >= 15 is 0 Å². The molecule has 0 heterocycles. The van der Waals surface area contributed by atoms with Gasteiger partial charge < -0.3 is 15.2 Å². The molecule has 3 saturated carbocycles. The van der Waals surface area contributed by atoms with Gasteiger partial charge in [-0.15, -0.1) is 0 Å². The predicted octanol–water partition coefficient (Wildman–Crippen LogP) is 2.01. The topological polar surface area (TPSA) is 75.6 Å². The number of ether oxygens (including phenoxy) is 1. The highest BCUT2D eigenvalue weighted by molar-refractivity contribution is 5.72. The molecule has 0 aromatic rings. The van der Waals surface area contributed by atoms with Crippen molar-refractivity contribution >= 4 is 12.1 Å². The number of amides is 1. The number of hydrogen-bond donors (Lipinski definition) is 2. The molecule has 0 saturated heterocycles. The third kappa shape index (κ3) is 2.60. The Morgan fingerprint density at radius 3 is 2.39 bits per heavy atom. The van der Waals surface area contributed by atoms with Gasteiger partial charge in [0, 0.05) is 6.54 Å². The third-order valence-corrected chi connectivity index (χ3v) is 3.94. The molecule has 1 unspecified atom stereocenters. The minimum atomic E-state index is -0.698. The summed E-state index contributed by atoms with van der Waals surface area (Å²) in [7, 11) is 0. The molecule has 1 atom stereocenters. The molecule has 0 aromatic carbocycles. The van der Waals surface area contributed by atoms with Crippen LogP contribution in [-0.4, -0.2) is 29.3 Å². The number of rotatable bonds is 3. The van der Waals surface area contributed by atoms with Gasteiger partial charge in [-0.2, -0.15) is 0 Å². The molecule has 2 N–H and O–H groups in total. The first-order valence-electron chi connectivity index (χ1n) is 6.40. The fourth-order valence-corrected chi connectivity index (χ4v) is 3.22. The third-order valence-electron chi connectivity index (χ3n) is 3.94. The van der Waals surface area contributed by atoms with Crippen molar-refractivity contribution < 1.29 is 19.4 Å². The van der Waals surface area contributed by atoms with Crippen molar-refractivity contribution in [2.45, 2.75) is 45.6 Å². The molecular weight excluding hydrogens is 234 g/mol. The van der Waals surface area contributed by atoms with Crippen LogP contribution in [0.2, 0.25) is 0 Å². The Kier molecular flexibility index (Phi) is 3.03. The van der Waals surface area contributed by atoms with Gasteiger partial charge >= 0.3 is 12.1 Å². The van der Waals surface area contributed by atoms with E-state index < -0.39 is 17.7 Å². The van der Waals surface area contributed by atoms with Crippen LogP contribution in [0, 0.1) is 17.3 Å². The summed E-state index contributed by atoms with van der Waals surface area (Å²) in [4.78, 5) is 22.5. The van der Waals surface area contributed by atoms with Crippen molar-refractivity contribution in [3.8, 4) is 0 Å². The molecule has 0 radical (unpaired) electrons. The zero-order valence-electron chi connectivity index (χ0n) is 11.2. The van der Waals surface area contributed by atoms with Gasteiger partial charge in [0.15, 0.2) is 0 Å². The van der Waals surface area contributed by atoms with Gasteiger partial charge in [0.25, 0.3) is 0 Å². The van der Waals surface area contributed by atoms with Crippen molar-refractivity contribution in [2.24, 2.45) is 17.3 Å². The van der Waals surface area contributed by atoms with Crippen LogP contribution in [0.4, 0.5) is 4.79 Å². The number of carboxylic acid groups (broad SMARTS) is 1. The lowest BCUT2D eigenvalue weighted by molar-refractivity contribution is -0.142. The van der Waals surface area contributed by atoms with E-state index in [-0.39, 0.29) is 11.3 Å². The Morgan fingerprint density at radius 1 is 1.33 bits per heavy atom. The van der Waals surface area contributed by atoms with E-state index in [0.29, 0.717) is 18.9 Å². The summed E-state index contributed by atoms with van der Waals surface area (Å²) in [6.45, 7) is 5.99. The van der Waals surface area contributed by atoms with Crippen LogP contribution >= 0.6 is 0 Å². The maximum Gasteiger partial charge on any atom is 0.407 e. The summed E-state index contributed by atoms with van der Waals surface area (Å²) < 4.78 is 5.17. The Labute approximate surface area is 107 Å². The average molecular weight is 255 g/mol. The van der Waals surface area contributed by atoms with Crippen LogP contribution in [-0.2, 0) is 9.53 Å². The second kappa shape index (κ2) is 4.14. The Bertz CT molecular complexity index is 366. The monoisotopic (exact) mass is 255 g/mol. The first-order chi connectivity index (χ1) is 8.21. The number of carbonyl (C=O) groups is 2. The van der Waals surface area contributed by atoms with E-state index in [2.05, 4.69) is 5.32 Å². The lowest BCUT2D eigenvalue weighted by Crippen LogP contribution is -2.42. The number of hydrogen-bond acceptors (Lipinski definition) is 3. The standard InChI is InChI=1S/C13H21NO4/c1-12(2,3)18-11(17)14-7-13-4-8(5-13)9(6-13)10(15)16/h8-9H,4-7H2,1-3H3,(H,14,17)(H,15,16). The molecule has 102 valence electrons. The minimum Gasteiger partial charge on any atom is -0.481 e. The molecule has 3 rings (SSSR count). The van der Waals surface area contributed by atoms with Crippen molar-refractivity contribution in [2.75, 3.05) is 6.54 Å². The van der Waals surface area contributed by atoms with E-state index in [0.717, 1.165) is 12.8 Å². The quantitative estimate of drug-likeness (QED) is 0.809. The second-order valence-corrected chi connectivity index (χ2v) is 6.67. The zero-order valence-corrected chi connectivity index (χ0v) is 11.2. The van der Waals surface area contributed by atoms with Crippen LogP contribution in [0.5, 0.6) is 0 Å². The van der Waals surface area contributed by atoms with Crippen molar-refractivity contribution in [1.29, 1.82) is 0 Å². The highest BCUT2D eigenvalue weighted by atomic mass is 16.6. The highest BCUT2D eigenvalue weighted by Gasteiger charge is 2.58. The summed E-state index contributed by atoms with van der Waals surface area (Å²) in [6.07, 6.45) is 2.10. The molecule has 3 fully saturated rings. The molecule has 3 aliphatic carbocycles. The second-order valence-electron chi connectivity index (χ2n) is 6.67. The molecule has 0 spiro atoms. The first-order valence-corrected chi connectivity index (χ1v) is 6.40. The largest absolute Gasteiger partial charge is 0.481 e. The number of carbonyl (C=O) groups excluding carboxylic acids is 1. The molecule has 0 aliphatic heterocycles. The van der Waals surface area contributed by atoms with Gasteiger partial charge in [-0.05, 0) is 51.4 Å². The van der Waals surface area contributed by atoms with Crippen LogP contribution < -0.4 is 5.32 Å². The van der Waals surface area contributed by atoms with Crippen molar-refractivity contribution in [1.82, 2.24) is 5.32 Å². The molecule has 18 heavy (non-hydrogen) atoms. The zero-order chi connectivity index (χ0) is 13.6. The average Bonchev–Trinajstić information content (AvgIpc) is 2.65. The summed E-state index contributed by atoms with van der Waals surface area (Å²) >= 11 is 0. The molecule has 1 amide bonds. The maximum absolute atomic E-state index is 11.5. The number of carboxylic acids is 1. The van der Waals surface area contributed by atoms with Gasteiger partial charge in [-0.1, -0.05) is 0 Å². The van der Waals surface area contributed by atoms with Gasteiger partial charge in [0.05, 0.1) is 5.92 Å². The van der Waals surface area contributed by atoms with Gasteiger partial charge in [-0.25, -0.2) is 4.79 Å². The van der Waals surface area contributed by atoms with Crippen LogP contribution in [0.15, 0.2) is 0 Å². The Balaban J connectivity index is 1.79. The summed E-state index contributed by atoms with van der Waals surface area (Å²) in [6, 6.07) is 0. The predicted molar refractivity (Wildman–Crippen MR) is 65.1 cm³/mol. The molecule has 0 aromatic heterocycles. The normalized spacial score (nSPS) is 33.7. The van der Waals surface area contributed by atoms with E-state index in [1.807, 2.05) is 20.8 Å². The lowest BCUT2D eigenvalue weighted by atomic mass is 9.69. The number of nitrogens with one attached hydrogen (secondary N) is 1. The number of fused-ring (bicyclic) bond motifs is 1. The lowest BCUT2D eigenvalue weighted by Gasteiger charge is -2.38. The molecular formula is C13H21NO4. The van der Waals surface area contributed by atoms with Gasteiger partial charge in [-0.3, -0.25) is 4.79 Å².